The highest BCUT2D eigenvalue weighted by molar-refractivity contribution is 9.10. The van der Waals surface area contributed by atoms with E-state index in [0.717, 1.165) is 6.07 Å². The second-order valence-corrected chi connectivity index (χ2v) is 3.25. The number of halogens is 4. The molecule has 0 aromatic heterocycles. The highest BCUT2D eigenvalue weighted by atomic mass is 79.9. The van der Waals surface area contributed by atoms with Crippen LogP contribution in [-0.4, -0.2) is 4.92 Å². The molecule has 0 N–H and O–H groups in total. The molecule has 14 heavy (non-hydrogen) atoms. The van der Waals surface area contributed by atoms with Crippen molar-refractivity contribution in [3.05, 3.63) is 38.3 Å². The Morgan fingerprint density at radius 3 is 2.29 bits per heavy atom. The molecule has 0 unspecified atom stereocenters. The SMILES string of the molecule is O=[N+]([O-])c1c(Br)cccc1C(F)(F)F. The van der Waals surface area contributed by atoms with E-state index in [4.69, 9.17) is 0 Å². The maximum absolute atomic E-state index is 12.3. The van der Waals surface area contributed by atoms with E-state index in [0.29, 0.717) is 6.07 Å². The summed E-state index contributed by atoms with van der Waals surface area (Å²) in [4.78, 5) is 9.30. The van der Waals surface area contributed by atoms with Crippen molar-refractivity contribution in [3.63, 3.8) is 0 Å². The lowest BCUT2D eigenvalue weighted by molar-refractivity contribution is -0.388. The molecule has 0 amide bonds. The third kappa shape index (κ3) is 2.03. The van der Waals surface area contributed by atoms with E-state index < -0.39 is 22.4 Å². The number of nitrogens with zero attached hydrogens (tertiary/aromatic N) is 1. The zero-order valence-electron chi connectivity index (χ0n) is 6.51. The average molecular weight is 270 g/mol. The molecule has 1 aromatic rings. The Morgan fingerprint density at radius 2 is 1.93 bits per heavy atom. The summed E-state index contributed by atoms with van der Waals surface area (Å²) in [5.41, 5.74) is -2.21. The van der Waals surface area contributed by atoms with Crippen molar-refractivity contribution in [2.75, 3.05) is 0 Å². The van der Waals surface area contributed by atoms with Gasteiger partial charge in [0.05, 0.1) is 9.40 Å². The smallest absolute Gasteiger partial charge is 0.258 e. The van der Waals surface area contributed by atoms with Crippen LogP contribution in [0.2, 0.25) is 0 Å². The van der Waals surface area contributed by atoms with Crippen molar-refractivity contribution in [2.45, 2.75) is 6.18 Å². The lowest BCUT2D eigenvalue weighted by Crippen LogP contribution is -2.09. The van der Waals surface area contributed by atoms with Crippen LogP contribution in [0.3, 0.4) is 0 Å². The molecule has 0 heterocycles. The highest BCUT2D eigenvalue weighted by Gasteiger charge is 2.39. The number of para-hydroxylation sites is 1. The Morgan fingerprint density at radius 1 is 1.36 bits per heavy atom. The van der Waals surface area contributed by atoms with Gasteiger partial charge in [0.25, 0.3) is 5.69 Å². The van der Waals surface area contributed by atoms with Gasteiger partial charge in [0.2, 0.25) is 0 Å². The number of benzene rings is 1. The minimum absolute atomic E-state index is 0.183. The van der Waals surface area contributed by atoms with Gasteiger partial charge in [-0.05, 0) is 28.1 Å². The number of nitro benzene ring substituents is 1. The minimum Gasteiger partial charge on any atom is -0.258 e. The van der Waals surface area contributed by atoms with Crippen molar-refractivity contribution in [3.8, 4) is 0 Å². The molecule has 0 radical (unpaired) electrons. The maximum Gasteiger partial charge on any atom is 0.423 e. The molecule has 0 aliphatic carbocycles. The molecule has 0 atom stereocenters. The normalized spacial score (nSPS) is 11.4. The van der Waals surface area contributed by atoms with Gasteiger partial charge < -0.3 is 0 Å². The van der Waals surface area contributed by atoms with E-state index in [2.05, 4.69) is 15.9 Å². The van der Waals surface area contributed by atoms with Gasteiger partial charge in [-0.3, -0.25) is 10.1 Å². The fraction of sp³-hybridized carbons (Fsp3) is 0.143. The zero-order valence-corrected chi connectivity index (χ0v) is 8.09. The second-order valence-electron chi connectivity index (χ2n) is 2.39. The molecule has 1 rings (SSSR count). The van der Waals surface area contributed by atoms with Crippen molar-refractivity contribution >= 4 is 21.6 Å². The highest BCUT2D eigenvalue weighted by Crippen LogP contribution is 2.39. The maximum atomic E-state index is 12.3. The summed E-state index contributed by atoms with van der Waals surface area (Å²) in [6.07, 6.45) is -4.72. The molecule has 0 aliphatic rings. The summed E-state index contributed by atoms with van der Waals surface area (Å²) in [5, 5.41) is 10.4. The van der Waals surface area contributed by atoms with Crippen LogP contribution in [0, 0.1) is 10.1 Å². The molecule has 0 saturated heterocycles. The number of nitro groups is 1. The first-order chi connectivity index (χ1) is 6.34. The summed E-state index contributed by atoms with van der Waals surface area (Å²) in [6.45, 7) is 0. The monoisotopic (exact) mass is 269 g/mol. The quantitative estimate of drug-likeness (QED) is 0.580. The van der Waals surface area contributed by atoms with Gasteiger partial charge in [0.15, 0.2) is 0 Å². The second kappa shape index (κ2) is 3.56. The third-order valence-electron chi connectivity index (χ3n) is 1.47. The molecule has 7 heteroatoms. The van der Waals surface area contributed by atoms with Gasteiger partial charge in [-0.1, -0.05) is 6.07 Å². The van der Waals surface area contributed by atoms with E-state index in [1.165, 1.54) is 6.07 Å². The van der Waals surface area contributed by atoms with Crippen LogP contribution < -0.4 is 0 Å². The van der Waals surface area contributed by atoms with Gasteiger partial charge in [0, 0.05) is 0 Å². The molecule has 1 aromatic carbocycles. The standard InChI is InChI=1S/C7H3BrF3NO2/c8-5-3-1-2-4(7(9,10)11)6(5)12(13)14/h1-3H. The lowest BCUT2D eigenvalue weighted by Gasteiger charge is -2.07. The molecular formula is C7H3BrF3NO2. The first-order valence-corrected chi connectivity index (χ1v) is 4.13. The third-order valence-corrected chi connectivity index (χ3v) is 2.11. The van der Waals surface area contributed by atoms with Crippen molar-refractivity contribution in [1.29, 1.82) is 0 Å². The number of hydrogen-bond donors (Lipinski definition) is 0. The topological polar surface area (TPSA) is 43.1 Å². The largest absolute Gasteiger partial charge is 0.423 e. The van der Waals surface area contributed by atoms with E-state index in [9.17, 15) is 23.3 Å². The molecule has 0 saturated carbocycles. The van der Waals surface area contributed by atoms with E-state index in [1.807, 2.05) is 0 Å². The first-order valence-electron chi connectivity index (χ1n) is 3.34. The molecule has 76 valence electrons. The van der Waals surface area contributed by atoms with Crippen molar-refractivity contribution in [2.24, 2.45) is 0 Å². The number of rotatable bonds is 1. The lowest BCUT2D eigenvalue weighted by atomic mass is 10.2. The summed E-state index contributed by atoms with van der Waals surface area (Å²) in [6, 6.07) is 2.95. The number of hydrogen-bond acceptors (Lipinski definition) is 2. The Hall–Kier alpha value is -1.11. The Kier molecular flexibility index (Phi) is 2.79. The van der Waals surface area contributed by atoms with Gasteiger partial charge in [0.1, 0.15) is 5.56 Å². The predicted molar refractivity (Wildman–Crippen MR) is 45.8 cm³/mol. The van der Waals surface area contributed by atoms with Gasteiger partial charge >= 0.3 is 6.18 Å². The Balaban J connectivity index is 3.44. The van der Waals surface area contributed by atoms with Crippen LogP contribution in [0.15, 0.2) is 22.7 Å². The average Bonchev–Trinajstić information content (AvgIpc) is 2.01. The van der Waals surface area contributed by atoms with Crippen molar-refractivity contribution < 1.29 is 18.1 Å². The molecular weight excluding hydrogens is 267 g/mol. The minimum atomic E-state index is -4.72. The van der Waals surface area contributed by atoms with Crippen LogP contribution in [-0.2, 0) is 6.18 Å². The van der Waals surface area contributed by atoms with Crippen LogP contribution in [0.4, 0.5) is 18.9 Å². The number of alkyl halides is 3. The van der Waals surface area contributed by atoms with Crippen LogP contribution in [0.5, 0.6) is 0 Å². The van der Waals surface area contributed by atoms with Gasteiger partial charge in [-0.25, -0.2) is 0 Å². The van der Waals surface area contributed by atoms with Crippen molar-refractivity contribution in [1.82, 2.24) is 0 Å². The molecule has 3 nitrogen and oxygen atoms in total. The van der Waals surface area contributed by atoms with Gasteiger partial charge in [-0.15, -0.1) is 0 Å². The predicted octanol–water partition coefficient (Wildman–Crippen LogP) is 3.38. The summed E-state index contributed by atoms with van der Waals surface area (Å²) < 4.78 is 36.6. The summed E-state index contributed by atoms with van der Waals surface area (Å²) in [5.74, 6) is 0. The first kappa shape index (κ1) is 11.0. The van der Waals surface area contributed by atoms with Crippen LogP contribution in [0.25, 0.3) is 0 Å². The summed E-state index contributed by atoms with van der Waals surface area (Å²) in [7, 11) is 0. The van der Waals surface area contributed by atoms with Crippen LogP contribution in [0.1, 0.15) is 5.56 Å². The Labute approximate surface area is 84.8 Å². The van der Waals surface area contributed by atoms with Gasteiger partial charge in [-0.2, -0.15) is 13.2 Å². The van der Waals surface area contributed by atoms with E-state index in [-0.39, 0.29) is 4.47 Å². The molecule has 0 fully saturated rings. The molecule has 0 spiro atoms. The summed E-state index contributed by atoms with van der Waals surface area (Å²) >= 11 is 2.70. The zero-order chi connectivity index (χ0) is 10.9. The fourth-order valence-corrected chi connectivity index (χ4v) is 1.44. The van der Waals surface area contributed by atoms with Crippen LogP contribution >= 0.6 is 15.9 Å². The Bertz CT molecular complexity index is 378. The van der Waals surface area contributed by atoms with E-state index in [1.54, 1.807) is 0 Å². The van der Waals surface area contributed by atoms with E-state index >= 15 is 0 Å². The molecule has 0 bridgehead atoms. The molecule has 0 aliphatic heterocycles. The fourth-order valence-electron chi connectivity index (χ4n) is 0.930.